The van der Waals surface area contributed by atoms with E-state index in [2.05, 4.69) is 31.2 Å². The molecule has 36 heavy (non-hydrogen) atoms. The Morgan fingerprint density at radius 2 is 1.83 bits per heavy atom. The number of anilines is 2. The SMILES string of the molecule is O=C(CSc1ncc2c(n1)-c1ccccc1N(Cc1cccc(F)c1)S2(=O)=O)Nc1ccc(Br)cc1. The molecule has 0 unspecified atom stereocenters. The minimum atomic E-state index is -4.01. The van der Waals surface area contributed by atoms with Crippen molar-refractivity contribution in [3.05, 3.63) is 94.8 Å². The van der Waals surface area contributed by atoms with Crippen LogP contribution in [0.3, 0.4) is 0 Å². The summed E-state index contributed by atoms with van der Waals surface area (Å²) < 4.78 is 43.0. The number of thioether (sulfide) groups is 1. The molecule has 1 aliphatic heterocycles. The third-order valence-electron chi connectivity index (χ3n) is 5.40. The average molecular weight is 585 g/mol. The molecule has 1 aromatic heterocycles. The van der Waals surface area contributed by atoms with Crippen molar-refractivity contribution in [3.8, 4) is 11.3 Å². The van der Waals surface area contributed by atoms with Gasteiger partial charge >= 0.3 is 0 Å². The van der Waals surface area contributed by atoms with Gasteiger partial charge in [0.1, 0.15) is 10.7 Å². The fourth-order valence-electron chi connectivity index (χ4n) is 3.78. The number of nitrogens with zero attached hydrogens (tertiary/aromatic N) is 3. The van der Waals surface area contributed by atoms with E-state index in [0.29, 0.717) is 22.5 Å². The zero-order valence-electron chi connectivity index (χ0n) is 18.6. The van der Waals surface area contributed by atoms with E-state index in [9.17, 15) is 17.6 Å². The molecule has 5 rings (SSSR count). The van der Waals surface area contributed by atoms with Gasteiger partial charge in [-0.15, -0.1) is 0 Å². The fourth-order valence-corrected chi connectivity index (χ4v) is 6.22. The van der Waals surface area contributed by atoms with E-state index in [0.717, 1.165) is 16.2 Å². The summed E-state index contributed by atoms with van der Waals surface area (Å²) in [6, 6.07) is 20.0. The molecule has 0 saturated heterocycles. The molecule has 4 aromatic rings. The van der Waals surface area contributed by atoms with Crippen LogP contribution in [-0.4, -0.2) is 30.0 Å². The van der Waals surface area contributed by atoms with E-state index in [1.165, 1.54) is 22.6 Å². The summed E-state index contributed by atoms with van der Waals surface area (Å²) in [5.41, 5.74) is 2.50. The lowest BCUT2D eigenvalue weighted by molar-refractivity contribution is -0.113. The number of aromatic nitrogens is 2. The first-order valence-corrected chi connectivity index (χ1v) is 13.9. The van der Waals surface area contributed by atoms with Crippen molar-refractivity contribution in [1.82, 2.24) is 9.97 Å². The standard InChI is InChI=1S/C25H18BrFN4O3S2/c26-17-8-10-19(11-9-17)29-23(32)15-35-25-28-13-22-24(30-25)20-6-1-2-7-21(20)31(36(22,33)34)14-16-4-3-5-18(27)12-16/h1-13H,14-15H2,(H,29,32). The lowest BCUT2D eigenvalue weighted by Gasteiger charge is -2.31. The van der Waals surface area contributed by atoms with E-state index >= 15 is 0 Å². The number of para-hydroxylation sites is 1. The predicted molar refractivity (Wildman–Crippen MR) is 141 cm³/mol. The lowest BCUT2D eigenvalue weighted by atomic mass is 10.1. The van der Waals surface area contributed by atoms with Crippen molar-refractivity contribution < 1.29 is 17.6 Å². The fraction of sp³-hybridized carbons (Fsp3) is 0.0800. The summed E-state index contributed by atoms with van der Waals surface area (Å²) in [5, 5.41) is 3.08. The third-order valence-corrected chi connectivity index (χ3v) is 8.56. The van der Waals surface area contributed by atoms with Gasteiger partial charge in [0.15, 0.2) is 5.16 Å². The zero-order chi connectivity index (χ0) is 25.3. The highest BCUT2D eigenvalue weighted by Gasteiger charge is 2.36. The smallest absolute Gasteiger partial charge is 0.268 e. The summed E-state index contributed by atoms with van der Waals surface area (Å²) in [5.74, 6) is -0.628. The maximum absolute atomic E-state index is 13.7. The van der Waals surface area contributed by atoms with Crippen LogP contribution in [0.4, 0.5) is 15.8 Å². The number of hydrogen-bond donors (Lipinski definition) is 1. The molecule has 11 heteroatoms. The van der Waals surface area contributed by atoms with E-state index < -0.39 is 15.8 Å². The van der Waals surface area contributed by atoms with Gasteiger partial charge in [-0.25, -0.2) is 22.8 Å². The average Bonchev–Trinajstić information content (AvgIpc) is 2.87. The minimum Gasteiger partial charge on any atom is -0.325 e. The number of nitrogens with one attached hydrogen (secondary N) is 1. The van der Waals surface area contributed by atoms with Gasteiger partial charge in [-0.2, -0.15) is 0 Å². The number of carbonyl (C=O) groups is 1. The summed E-state index contributed by atoms with van der Waals surface area (Å²) in [6.07, 6.45) is 1.27. The summed E-state index contributed by atoms with van der Waals surface area (Å²) in [7, 11) is -4.01. The first kappa shape index (κ1) is 24.4. The van der Waals surface area contributed by atoms with Crippen molar-refractivity contribution in [2.45, 2.75) is 16.6 Å². The van der Waals surface area contributed by atoms with Crippen molar-refractivity contribution in [3.63, 3.8) is 0 Å². The van der Waals surface area contributed by atoms with Gasteiger partial charge in [0, 0.05) is 15.7 Å². The van der Waals surface area contributed by atoms with Gasteiger partial charge in [-0.05, 0) is 48.0 Å². The molecule has 0 spiro atoms. The molecule has 0 saturated carbocycles. The topological polar surface area (TPSA) is 92.3 Å². The highest BCUT2D eigenvalue weighted by atomic mass is 79.9. The molecule has 1 N–H and O–H groups in total. The van der Waals surface area contributed by atoms with Gasteiger partial charge < -0.3 is 5.32 Å². The molecular formula is C25H18BrFN4O3S2. The normalized spacial score (nSPS) is 13.6. The van der Waals surface area contributed by atoms with Gasteiger partial charge in [0.25, 0.3) is 10.0 Å². The Labute approximate surface area is 220 Å². The quantitative estimate of drug-likeness (QED) is 0.238. The van der Waals surface area contributed by atoms with Crippen molar-refractivity contribution in [2.75, 3.05) is 15.4 Å². The van der Waals surface area contributed by atoms with Crippen LogP contribution in [0.5, 0.6) is 0 Å². The summed E-state index contributed by atoms with van der Waals surface area (Å²) in [4.78, 5) is 21.0. The van der Waals surface area contributed by atoms with E-state index in [-0.39, 0.29) is 34.0 Å². The maximum atomic E-state index is 13.7. The summed E-state index contributed by atoms with van der Waals surface area (Å²) >= 11 is 4.46. The number of rotatable bonds is 6. The number of sulfonamides is 1. The second-order valence-corrected chi connectivity index (χ2v) is 11.6. The van der Waals surface area contributed by atoms with Crippen LogP contribution in [0.1, 0.15) is 5.56 Å². The molecule has 0 aliphatic carbocycles. The molecule has 1 amide bonds. The van der Waals surface area contributed by atoms with Crippen LogP contribution in [0, 0.1) is 5.82 Å². The number of halogens is 2. The maximum Gasteiger partial charge on any atom is 0.268 e. The summed E-state index contributed by atoms with van der Waals surface area (Å²) in [6.45, 7) is -0.0384. The molecule has 0 bridgehead atoms. The van der Waals surface area contributed by atoms with Crippen molar-refractivity contribution >= 4 is 55.0 Å². The Morgan fingerprint density at radius 1 is 1.06 bits per heavy atom. The Balaban J connectivity index is 1.41. The van der Waals surface area contributed by atoms with E-state index in [4.69, 9.17) is 0 Å². The number of carbonyl (C=O) groups excluding carboxylic acids is 1. The van der Waals surface area contributed by atoms with Crippen LogP contribution < -0.4 is 9.62 Å². The number of fused-ring (bicyclic) bond motifs is 3. The zero-order valence-corrected chi connectivity index (χ0v) is 21.8. The Kier molecular flexibility index (Phi) is 6.78. The molecule has 2 heterocycles. The molecule has 182 valence electrons. The first-order valence-electron chi connectivity index (χ1n) is 10.7. The largest absolute Gasteiger partial charge is 0.325 e. The van der Waals surface area contributed by atoms with Crippen LogP contribution in [0.15, 0.2) is 93.5 Å². The number of hydrogen-bond acceptors (Lipinski definition) is 6. The van der Waals surface area contributed by atoms with E-state index in [1.54, 1.807) is 48.5 Å². The van der Waals surface area contributed by atoms with Crippen LogP contribution in [-0.2, 0) is 21.4 Å². The number of benzene rings is 3. The second kappa shape index (κ2) is 10.00. The Hall–Kier alpha value is -3.28. The van der Waals surface area contributed by atoms with Crippen LogP contribution in [0.25, 0.3) is 11.3 Å². The van der Waals surface area contributed by atoms with Crippen molar-refractivity contribution in [1.29, 1.82) is 0 Å². The highest BCUT2D eigenvalue weighted by molar-refractivity contribution is 9.10. The number of amides is 1. The minimum absolute atomic E-state index is 0.0384. The molecule has 3 aromatic carbocycles. The predicted octanol–water partition coefficient (Wildman–Crippen LogP) is 5.48. The molecule has 0 radical (unpaired) electrons. The molecule has 1 aliphatic rings. The third kappa shape index (κ3) is 4.99. The van der Waals surface area contributed by atoms with Gasteiger partial charge in [0.2, 0.25) is 5.91 Å². The van der Waals surface area contributed by atoms with Crippen LogP contribution >= 0.6 is 27.7 Å². The van der Waals surface area contributed by atoms with Gasteiger partial charge in [0.05, 0.1) is 29.9 Å². The molecular weight excluding hydrogens is 567 g/mol. The Morgan fingerprint density at radius 3 is 2.61 bits per heavy atom. The van der Waals surface area contributed by atoms with Gasteiger partial charge in [-0.1, -0.05) is 58.0 Å². The van der Waals surface area contributed by atoms with Gasteiger partial charge in [-0.3, -0.25) is 9.10 Å². The van der Waals surface area contributed by atoms with Crippen LogP contribution in [0.2, 0.25) is 0 Å². The molecule has 0 atom stereocenters. The highest BCUT2D eigenvalue weighted by Crippen LogP contribution is 2.42. The van der Waals surface area contributed by atoms with Crippen molar-refractivity contribution in [2.24, 2.45) is 0 Å². The Bertz CT molecular complexity index is 1570. The second-order valence-electron chi connectivity index (χ2n) is 7.87. The monoisotopic (exact) mass is 584 g/mol. The molecule has 7 nitrogen and oxygen atoms in total. The van der Waals surface area contributed by atoms with E-state index in [1.807, 2.05) is 12.1 Å². The first-order chi connectivity index (χ1) is 17.3. The molecule has 0 fully saturated rings. The lowest BCUT2D eigenvalue weighted by Crippen LogP contribution is -2.34.